The van der Waals surface area contributed by atoms with Crippen LogP contribution in [0.5, 0.6) is 11.5 Å². The maximum Gasteiger partial charge on any atom is 0.166 e. The largest absolute Gasteiger partial charge is 0.454 e. The minimum Gasteiger partial charge on any atom is -0.454 e. The monoisotopic (exact) mass is 272 g/mol. The average molecular weight is 272 g/mol. The number of ketones is 1. The zero-order valence-electron chi connectivity index (χ0n) is 11.8. The molecular weight excluding hydrogens is 255 g/mol. The molecule has 0 aliphatic carbocycles. The van der Waals surface area contributed by atoms with E-state index in [1.54, 1.807) is 12.1 Å². The fourth-order valence-corrected chi connectivity index (χ4v) is 1.87. The number of hydrogen-bond acceptors (Lipinski definition) is 2. The highest BCUT2D eigenvalue weighted by molar-refractivity contribution is 5.94. The molecule has 0 spiro atoms. The van der Waals surface area contributed by atoms with Gasteiger partial charge in [0.2, 0.25) is 0 Å². The van der Waals surface area contributed by atoms with Crippen LogP contribution >= 0.6 is 0 Å². The van der Waals surface area contributed by atoms with Gasteiger partial charge in [-0.3, -0.25) is 4.79 Å². The minimum atomic E-state index is -0.535. The van der Waals surface area contributed by atoms with Crippen molar-refractivity contribution >= 4 is 5.78 Å². The van der Waals surface area contributed by atoms with Gasteiger partial charge in [-0.25, -0.2) is 4.39 Å². The van der Waals surface area contributed by atoms with E-state index in [0.29, 0.717) is 17.2 Å². The Morgan fingerprint density at radius 1 is 1.15 bits per heavy atom. The number of halogens is 1. The summed E-state index contributed by atoms with van der Waals surface area (Å²) in [6, 6.07) is 11.8. The number of hydrogen-bond donors (Lipinski definition) is 0. The predicted octanol–water partition coefficient (Wildman–Crippen LogP) is 4.94. The first-order valence-corrected chi connectivity index (χ1v) is 6.55. The summed E-state index contributed by atoms with van der Waals surface area (Å²) in [4.78, 5) is 11.2. The Kier molecular flexibility index (Phi) is 4.18. The summed E-state index contributed by atoms with van der Waals surface area (Å²) in [6.07, 6.45) is 0. The molecule has 2 nitrogen and oxygen atoms in total. The zero-order chi connectivity index (χ0) is 14.7. The lowest BCUT2D eigenvalue weighted by atomic mass is 10.0. The Bertz CT molecular complexity index is 633. The smallest absolute Gasteiger partial charge is 0.166 e. The normalized spacial score (nSPS) is 10.7. The minimum absolute atomic E-state index is 0.121. The Balaban J connectivity index is 2.26. The molecule has 2 rings (SSSR count). The summed E-state index contributed by atoms with van der Waals surface area (Å²) in [5, 5.41) is 0. The van der Waals surface area contributed by atoms with Crippen molar-refractivity contribution in [1.29, 1.82) is 0 Å². The molecule has 0 amide bonds. The third kappa shape index (κ3) is 3.23. The highest BCUT2D eigenvalue weighted by Crippen LogP contribution is 2.27. The van der Waals surface area contributed by atoms with Crippen LogP contribution in [0.15, 0.2) is 42.5 Å². The van der Waals surface area contributed by atoms with Crippen LogP contribution in [0.1, 0.15) is 42.6 Å². The molecule has 3 heteroatoms. The number of Topliss-reactive ketones (excluding diaryl/α,β-unsaturated/α-hetero) is 1. The lowest BCUT2D eigenvalue weighted by Gasteiger charge is -2.10. The van der Waals surface area contributed by atoms with Crippen LogP contribution in [0.2, 0.25) is 0 Å². The summed E-state index contributed by atoms with van der Waals surface area (Å²) in [6.45, 7) is 5.57. The molecule has 0 unspecified atom stereocenters. The molecule has 0 bridgehead atoms. The Hall–Kier alpha value is -2.16. The van der Waals surface area contributed by atoms with Crippen LogP contribution in [-0.4, -0.2) is 5.78 Å². The number of carbonyl (C=O) groups is 1. The number of carbonyl (C=O) groups excluding carboxylic acids is 1. The van der Waals surface area contributed by atoms with Crippen molar-refractivity contribution in [2.24, 2.45) is 0 Å². The predicted molar refractivity (Wildman–Crippen MR) is 77.0 cm³/mol. The number of rotatable bonds is 4. The first-order chi connectivity index (χ1) is 9.47. The van der Waals surface area contributed by atoms with E-state index >= 15 is 0 Å². The van der Waals surface area contributed by atoms with Crippen LogP contribution in [-0.2, 0) is 0 Å². The van der Waals surface area contributed by atoms with Crippen molar-refractivity contribution in [1.82, 2.24) is 0 Å². The molecule has 2 aromatic carbocycles. The third-order valence-corrected chi connectivity index (χ3v) is 3.09. The van der Waals surface area contributed by atoms with Gasteiger partial charge in [0.1, 0.15) is 5.75 Å². The molecule has 0 aromatic heterocycles. The molecule has 0 radical (unpaired) electrons. The fraction of sp³-hybridized carbons (Fsp3) is 0.235. The molecule has 0 aliphatic heterocycles. The maximum absolute atomic E-state index is 13.9. The summed E-state index contributed by atoms with van der Waals surface area (Å²) in [5.41, 5.74) is 1.47. The van der Waals surface area contributed by atoms with Crippen LogP contribution in [0.25, 0.3) is 0 Å². The quantitative estimate of drug-likeness (QED) is 0.736. The summed E-state index contributed by atoms with van der Waals surface area (Å²) >= 11 is 0. The van der Waals surface area contributed by atoms with Gasteiger partial charge in [0, 0.05) is 5.56 Å². The maximum atomic E-state index is 13.9. The van der Waals surface area contributed by atoms with Crippen LogP contribution in [0.4, 0.5) is 4.39 Å². The van der Waals surface area contributed by atoms with Crippen molar-refractivity contribution in [3.05, 3.63) is 59.4 Å². The Labute approximate surface area is 118 Å². The van der Waals surface area contributed by atoms with E-state index in [2.05, 4.69) is 13.8 Å². The average Bonchev–Trinajstić information content (AvgIpc) is 2.41. The molecule has 0 atom stereocenters. The van der Waals surface area contributed by atoms with E-state index in [0.717, 1.165) is 5.56 Å². The van der Waals surface area contributed by atoms with E-state index in [1.807, 2.05) is 18.2 Å². The van der Waals surface area contributed by atoms with Crippen molar-refractivity contribution in [3.8, 4) is 11.5 Å². The second-order valence-electron chi connectivity index (χ2n) is 5.03. The van der Waals surface area contributed by atoms with E-state index in [9.17, 15) is 9.18 Å². The van der Waals surface area contributed by atoms with Gasteiger partial charge >= 0.3 is 0 Å². The van der Waals surface area contributed by atoms with Crippen molar-refractivity contribution in [3.63, 3.8) is 0 Å². The first kappa shape index (κ1) is 14.3. The molecule has 0 heterocycles. The van der Waals surface area contributed by atoms with Gasteiger partial charge in [0.05, 0.1) is 0 Å². The Morgan fingerprint density at radius 2 is 1.90 bits per heavy atom. The molecule has 0 aliphatic rings. The topological polar surface area (TPSA) is 26.3 Å². The lowest BCUT2D eigenvalue weighted by Crippen LogP contribution is -1.96. The summed E-state index contributed by atoms with van der Waals surface area (Å²) in [5.74, 6) is 0.384. The highest BCUT2D eigenvalue weighted by atomic mass is 19.1. The van der Waals surface area contributed by atoms with Crippen LogP contribution in [0.3, 0.4) is 0 Å². The molecular formula is C17H17FO2. The second kappa shape index (κ2) is 5.87. The van der Waals surface area contributed by atoms with Gasteiger partial charge < -0.3 is 4.74 Å². The van der Waals surface area contributed by atoms with Gasteiger partial charge in [0.15, 0.2) is 17.3 Å². The standard InChI is InChI=1S/C17H17FO2/c1-11(2)13-5-4-6-15(9-13)20-17-8-7-14(12(3)19)10-16(17)18/h4-11H,1-3H3. The third-order valence-electron chi connectivity index (χ3n) is 3.09. The van der Waals surface area contributed by atoms with E-state index in [-0.39, 0.29) is 11.5 Å². The number of benzene rings is 2. The first-order valence-electron chi connectivity index (χ1n) is 6.55. The van der Waals surface area contributed by atoms with Gasteiger partial charge in [0.25, 0.3) is 0 Å². The molecule has 0 fully saturated rings. The van der Waals surface area contributed by atoms with Crippen LogP contribution < -0.4 is 4.74 Å². The molecule has 0 N–H and O–H groups in total. The van der Waals surface area contributed by atoms with Gasteiger partial charge in [-0.1, -0.05) is 26.0 Å². The lowest BCUT2D eigenvalue weighted by molar-refractivity contribution is 0.101. The van der Waals surface area contributed by atoms with Gasteiger partial charge in [-0.05, 0) is 48.7 Å². The van der Waals surface area contributed by atoms with E-state index < -0.39 is 5.82 Å². The van der Waals surface area contributed by atoms with Crippen LogP contribution in [0, 0.1) is 5.82 Å². The second-order valence-corrected chi connectivity index (χ2v) is 5.03. The van der Waals surface area contributed by atoms with Gasteiger partial charge in [-0.2, -0.15) is 0 Å². The van der Waals surface area contributed by atoms with Crippen molar-refractivity contribution in [2.75, 3.05) is 0 Å². The molecule has 0 saturated carbocycles. The molecule has 20 heavy (non-hydrogen) atoms. The highest BCUT2D eigenvalue weighted by Gasteiger charge is 2.09. The molecule has 2 aromatic rings. The Morgan fingerprint density at radius 3 is 2.50 bits per heavy atom. The van der Waals surface area contributed by atoms with Crippen molar-refractivity contribution in [2.45, 2.75) is 26.7 Å². The number of ether oxygens (including phenoxy) is 1. The fourth-order valence-electron chi connectivity index (χ4n) is 1.87. The SMILES string of the molecule is CC(=O)c1ccc(Oc2cccc(C(C)C)c2)c(F)c1. The van der Waals surface area contributed by atoms with Gasteiger partial charge in [-0.15, -0.1) is 0 Å². The summed E-state index contributed by atoms with van der Waals surface area (Å²) in [7, 11) is 0. The van der Waals surface area contributed by atoms with E-state index in [4.69, 9.17) is 4.74 Å². The molecule has 104 valence electrons. The zero-order valence-corrected chi connectivity index (χ0v) is 11.8. The van der Waals surface area contributed by atoms with E-state index in [1.165, 1.54) is 19.1 Å². The summed E-state index contributed by atoms with van der Waals surface area (Å²) < 4.78 is 19.4. The molecule has 0 saturated heterocycles. The van der Waals surface area contributed by atoms with Crippen molar-refractivity contribution < 1.29 is 13.9 Å².